The molecule has 0 radical (unpaired) electrons. The number of aromatic nitrogens is 1. The molecule has 6 nitrogen and oxygen atoms in total. The summed E-state index contributed by atoms with van der Waals surface area (Å²) in [6.45, 7) is 23.1. The summed E-state index contributed by atoms with van der Waals surface area (Å²) in [6.07, 6.45) is 3.51. The predicted molar refractivity (Wildman–Crippen MR) is 184 cm³/mol. The molecule has 2 amide bonds. The molecule has 3 aliphatic carbocycles. The first kappa shape index (κ1) is 31.6. The van der Waals surface area contributed by atoms with E-state index in [-0.39, 0.29) is 46.4 Å². The molecule has 1 aromatic carbocycles. The average molecular weight is 633 g/mol. The highest BCUT2D eigenvalue weighted by Crippen LogP contribution is 2.70. The summed E-state index contributed by atoms with van der Waals surface area (Å²) in [4.78, 5) is 35.9. The fourth-order valence-corrected chi connectivity index (χ4v) is 13.3. The zero-order valence-electron chi connectivity index (χ0n) is 29.3. The van der Waals surface area contributed by atoms with Gasteiger partial charge in [-0.25, -0.2) is 0 Å². The molecule has 5 aliphatic rings. The minimum atomic E-state index is -0.124. The Labute approximate surface area is 275 Å². The van der Waals surface area contributed by atoms with Crippen LogP contribution in [0.5, 0.6) is 0 Å². The number of benzene rings is 1. The minimum absolute atomic E-state index is 0.0484. The van der Waals surface area contributed by atoms with Crippen LogP contribution in [0.1, 0.15) is 81.6 Å². The van der Waals surface area contributed by atoms with Crippen molar-refractivity contribution < 1.29 is 9.59 Å². The molecule has 7 rings (SSSR count). The number of hydrogen-bond donors (Lipinski definition) is 0. The monoisotopic (exact) mass is 632 g/mol. The van der Waals surface area contributed by atoms with Crippen molar-refractivity contribution in [1.29, 1.82) is 0 Å². The third-order valence-electron chi connectivity index (χ3n) is 14.6. The Hall–Kier alpha value is -1.99. The third kappa shape index (κ3) is 4.44. The van der Waals surface area contributed by atoms with E-state index in [1.165, 1.54) is 16.5 Å². The summed E-state index contributed by atoms with van der Waals surface area (Å²) in [6, 6.07) is 9.30. The Balaban J connectivity index is 1.18. The van der Waals surface area contributed by atoms with Gasteiger partial charge in [0.1, 0.15) is 5.82 Å². The van der Waals surface area contributed by atoms with Crippen LogP contribution < -0.4 is 4.90 Å². The molecule has 3 heterocycles. The summed E-state index contributed by atoms with van der Waals surface area (Å²) in [7, 11) is 2.31. The lowest BCUT2D eigenvalue weighted by molar-refractivity contribution is -0.149. The Kier molecular flexibility index (Phi) is 7.56. The lowest BCUT2D eigenvalue weighted by atomic mass is 9.57. The van der Waals surface area contributed by atoms with Crippen molar-refractivity contribution in [3.8, 4) is 0 Å². The van der Waals surface area contributed by atoms with Crippen molar-refractivity contribution in [3.63, 3.8) is 0 Å². The van der Waals surface area contributed by atoms with Crippen LogP contribution in [0.4, 0.5) is 5.82 Å². The SMILES string of the molecule is CC1C(C)[C@@H]2[C@H]3C(=O)N([C@@H](C)[C@H]4[C@H](C(C)[C@@H]5CN(c6nsc7ccccc67)CC(C)N5C)CCCC4(C)C)C(=O)[C@H]3C1C2(C)C. The molecule has 3 saturated carbocycles. The van der Waals surface area contributed by atoms with E-state index < -0.39 is 0 Å². The number of rotatable bonds is 5. The van der Waals surface area contributed by atoms with Gasteiger partial charge in [0.05, 0.1) is 16.5 Å². The fourth-order valence-electron chi connectivity index (χ4n) is 12.5. The zero-order valence-corrected chi connectivity index (χ0v) is 30.1. The summed E-state index contributed by atoms with van der Waals surface area (Å²) < 4.78 is 6.20. The second kappa shape index (κ2) is 10.8. The lowest BCUT2D eigenvalue weighted by Gasteiger charge is -2.54. The summed E-state index contributed by atoms with van der Waals surface area (Å²) >= 11 is 1.60. The number of carbonyl (C=O) groups excluding carboxylic acids is 2. The van der Waals surface area contributed by atoms with E-state index in [1.54, 1.807) is 11.5 Å². The fraction of sp³-hybridized carbons (Fsp3) is 0.763. The first-order chi connectivity index (χ1) is 21.2. The molecule has 2 aromatic rings. The molecular formula is C38H56N4O2S. The highest BCUT2D eigenvalue weighted by atomic mass is 32.1. The van der Waals surface area contributed by atoms with Crippen LogP contribution in [-0.2, 0) is 9.59 Å². The van der Waals surface area contributed by atoms with Gasteiger partial charge in [0.25, 0.3) is 0 Å². The van der Waals surface area contributed by atoms with Gasteiger partial charge in [0.15, 0.2) is 0 Å². The number of likely N-dealkylation sites (N-methyl/N-ethyl adjacent to an activating group) is 1. The number of piperazine rings is 1. The predicted octanol–water partition coefficient (Wildman–Crippen LogP) is 7.43. The zero-order chi connectivity index (χ0) is 32.3. The van der Waals surface area contributed by atoms with Crippen molar-refractivity contribution in [2.45, 2.75) is 99.7 Å². The molecule has 12 atom stereocenters. The maximum absolute atomic E-state index is 14.5. The summed E-state index contributed by atoms with van der Waals surface area (Å²) in [5, 5.41) is 1.26. The van der Waals surface area contributed by atoms with Gasteiger partial charge in [-0.1, -0.05) is 67.0 Å². The van der Waals surface area contributed by atoms with Crippen LogP contribution in [0.25, 0.3) is 10.1 Å². The van der Waals surface area contributed by atoms with Crippen LogP contribution >= 0.6 is 11.5 Å². The molecule has 2 bridgehead atoms. The van der Waals surface area contributed by atoms with Gasteiger partial charge >= 0.3 is 0 Å². The van der Waals surface area contributed by atoms with Crippen LogP contribution in [0.2, 0.25) is 0 Å². The van der Waals surface area contributed by atoms with E-state index in [0.717, 1.165) is 31.7 Å². The molecule has 246 valence electrons. The lowest BCUT2D eigenvalue weighted by Crippen LogP contribution is -2.61. The van der Waals surface area contributed by atoms with Gasteiger partial charge in [-0.05, 0) is 110 Å². The van der Waals surface area contributed by atoms with Crippen LogP contribution in [0, 0.1) is 64.1 Å². The Bertz CT molecular complexity index is 1450. The van der Waals surface area contributed by atoms with Gasteiger partial charge < -0.3 is 4.90 Å². The van der Waals surface area contributed by atoms with Crippen molar-refractivity contribution in [3.05, 3.63) is 24.3 Å². The number of fused-ring (bicyclic) bond motifs is 6. The molecule has 0 spiro atoms. The van der Waals surface area contributed by atoms with Crippen LogP contribution in [0.15, 0.2) is 24.3 Å². The number of carbonyl (C=O) groups is 2. The van der Waals surface area contributed by atoms with E-state index in [0.29, 0.717) is 47.6 Å². The maximum atomic E-state index is 14.5. The number of anilines is 1. The number of nitrogens with zero attached hydrogens (tertiary/aromatic N) is 4. The first-order valence-corrected chi connectivity index (χ1v) is 18.6. The van der Waals surface area contributed by atoms with Crippen LogP contribution in [0.3, 0.4) is 0 Å². The summed E-state index contributed by atoms with van der Waals surface area (Å²) in [5.41, 5.74) is 0.101. The molecule has 5 unspecified atom stereocenters. The molecule has 45 heavy (non-hydrogen) atoms. The second-order valence-electron chi connectivity index (χ2n) is 17.3. The van der Waals surface area contributed by atoms with Gasteiger partial charge in [-0.3, -0.25) is 19.4 Å². The maximum Gasteiger partial charge on any atom is 0.233 e. The number of amides is 2. The molecule has 2 saturated heterocycles. The van der Waals surface area contributed by atoms with E-state index in [4.69, 9.17) is 4.37 Å². The summed E-state index contributed by atoms with van der Waals surface area (Å²) in [5.74, 6) is 3.87. The number of likely N-dealkylation sites (tertiary alicyclic amines) is 1. The third-order valence-corrected chi connectivity index (χ3v) is 15.4. The second-order valence-corrected chi connectivity index (χ2v) is 18.2. The van der Waals surface area contributed by atoms with Gasteiger partial charge in [-0.2, -0.15) is 4.37 Å². The van der Waals surface area contributed by atoms with Crippen molar-refractivity contribution in [2.75, 3.05) is 25.0 Å². The Morgan fingerprint density at radius 3 is 2.20 bits per heavy atom. The number of imide groups is 1. The molecular weight excluding hydrogens is 577 g/mol. The molecule has 0 N–H and O–H groups in total. The topological polar surface area (TPSA) is 56.8 Å². The standard InChI is InChI=1S/C38H56N4O2S/c1-20-18-41(34-26-14-11-12-16-28(26)45-39-34)19-27(40(20)10)23(4)25-15-13-17-37(6,7)33(25)24(5)42-35(43)29-30(36(42)44)32-22(3)21(2)31(29)38(32,8)9/h11-12,14,16,20-25,27,29-33H,13,15,17-19H2,1-10H3/t20?,21?,22?,23?,24-,25-,27-,29-,30+,31+,32?,33-/m0/s1. The molecule has 7 heteroatoms. The van der Waals surface area contributed by atoms with E-state index >= 15 is 0 Å². The highest BCUT2D eigenvalue weighted by Gasteiger charge is 2.73. The average Bonchev–Trinajstić information content (AvgIpc) is 3.64. The van der Waals surface area contributed by atoms with E-state index in [9.17, 15) is 9.59 Å². The van der Waals surface area contributed by atoms with Gasteiger partial charge in [0, 0.05) is 36.6 Å². The molecule has 5 fully saturated rings. The Morgan fingerprint density at radius 2 is 1.56 bits per heavy atom. The molecule has 2 aliphatic heterocycles. The first-order valence-electron chi connectivity index (χ1n) is 17.9. The Morgan fingerprint density at radius 1 is 0.933 bits per heavy atom. The highest BCUT2D eigenvalue weighted by molar-refractivity contribution is 7.13. The van der Waals surface area contributed by atoms with E-state index in [1.807, 2.05) is 4.90 Å². The van der Waals surface area contributed by atoms with Gasteiger partial charge in [0.2, 0.25) is 11.8 Å². The largest absolute Gasteiger partial charge is 0.352 e. The minimum Gasteiger partial charge on any atom is -0.352 e. The van der Waals surface area contributed by atoms with Gasteiger partial charge in [-0.15, -0.1) is 0 Å². The van der Waals surface area contributed by atoms with Crippen molar-refractivity contribution >= 4 is 39.3 Å². The van der Waals surface area contributed by atoms with Crippen molar-refractivity contribution in [2.24, 2.45) is 64.1 Å². The molecule has 1 aromatic heterocycles. The quantitative estimate of drug-likeness (QED) is 0.321. The smallest absolute Gasteiger partial charge is 0.233 e. The van der Waals surface area contributed by atoms with Crippen molar-refractivity contribution in [1.82, 2.24) is 14.2 Å². The number of hydrogen-bond acceptors (Lipinski definition) is 6. The van der Waals surface area contributed by atoms with Crippen LogP contribution in [-0.4, -0.2) is 64.3 Å². The normalized spacial score (nSPS) is 40.8. The van der Waals surface area contributed by atoms with E-state index in [2.05, 4.69) is 103 Å².